The van der Waals surface area contributed by atoms with E-state index in [-0.39, 0.29) is 0 Å². The van der Waals surface area contributed by atoms with Crippen LogP contribution in [0.2, 0.25) is 0 Å². The number of fused-ring (bicyclic) bond motifs is 3. The molecule has 2 heteroatoms. The van der Waals surface area contributed by atoms with E-state index in [0.717, 1.165) is 0 Å². The zero-order valence-corrected chi connectivity index (χ0v) is 36.1. The Bertz CT molecular complexity index is 2410. The minimum Gasteiger partial charge on any atom is -0.337 e. The van der Waals surface area contributed by atoms with Crippen LogP contribution in [-0.4, -0.2) is 4.57 Å². The Morgan fingerprint density at radius 1 is 0.356 bits per heavy atom. The van der Waals surface area contributed by atoms with Crippen LogP contribution in [-0.2, 0) is 0 Å². The molecule has 0 spiro atoms. The van der Waals surface area contributed by atoms with Gasteiger partial charge >= 0.3 is 0 Å². The van der Waals surface area contributed by atoms with E-state index in [1.165, 1.54) is 141 Å². The molecule has 8 aromatic rings. The first kappa shape index (κ1) is 40.5. The summed E-state index contributed by atoms with van der Waals surface area (Å²) in [5, 5.41) is 2.72. The van der Waals surface area contributed by atoms with Gasteiger partial charge in [-0.15, -0.1) is 10.0 Å². The molecule has 0 bridgehead atoms. The summed E-state index contributed by atoms with van der Waals surface area (Å²) >= 11 is 0. The molecular weight excluding hydrogens is 731 g/mol. The van der Waals surface area contributed by atoms with Crippen molar-refractivity contribution in [3.63, 3.8) is 0 Å². The first-order chi connectivity index (χ1) is 29.2. The number of benzene rings is 7. The molecule has 0 aliphatic carbocycles. The van der Waals surface area contributed by atoms with Gasteiger partial charge < -0.3 is 4.57 Å². The number of unbranched alkanes of at least 4 members (excludes halogenated alkanes) is 8. The van der Waals surface area contributed by atoms with Crippen molar-refractivity contribution in [3.05, 3.63) is 182 Å². The number of nitrogens with zero attached hydrogens (tertiary/aromatic N) is 1. The molecule has 0 radical (unpaired) electrons. The van der Waals surface area contributed by atoms with E-state index in [0.29, 0.717) is 6.04 Å². The molecule has 0 fully saturated rings. The van der Waals surface area contributed by atoms with E-state index in [1.807, 2.05) is 0 Å². The van der Waals surface area contributed by atoms with E-state index < -0.39 is 10.0 Å². The van der Waals surface area contributed by atoms with Crippen molar-refractivity contribution < 1.29 is 0 Å². The van der Waals surface area contributed by atoms with Crippen LogP contribution < -0.4 is 0 Å². The second-order valence-corrected chi connectivity index (χ2v) is 19.4. The van der Waals surface area contributed by atoms with Gasteiger partial charge in [-0.05, 0) is 108 Å². The number of hydrogen-bond donors (Lipinski definition) is 0. The lowest BCUT2D eigenvalue weighted by molar-refractivity contribution is 0.411. The van der Waals surface area contributed by atoms with Gasteiger partial charge in [0.2, 0.25) is 0 Å². The largest absolute Gasteiger partial charge is 0.337 e. The Labute approximate surface area is 355 Å². The van der Waals surface area contributed by atoms with Crippen LogP contribution in [0.4, 0.5) is 0 Å². The summed E-state index contributed by atoms with van der Waals surface area (Å²) in [4.78, 5) is 5.38. The van der Waals surface area contributed by atoms with Crippen LogP contribution in [0.5, 0.6) is 0 Å². The molecule has 0 unspecified atom stereocenters. The molecule has 0 N–H and O–H groups in total. The van der Waals surface area contributed by atoms with Crippen LogP contribution in [0.1, 0.15) is 96.9 Å². The van der Waals surface area contributed by atoms with Crippen LogP contribution >= 0.6 is 10.0 Å². The van der Waals surface area contributed by atoms with Crippen LogP contribution in [0, 0.1) is 0 Å². The molecule has 1 nitrogen and oxygen atoms in total. The zero-order valence-electron chi connectivity index (χ0n) is 35.2. The molecule has 1 heterocycles. The first-order valence-electron chi connectivity index (χ1n) is 22.4. The summed E-state index contributed by atoms with van der Waals surface area (Å²) in [5.74, 6) is 0. The summed E-state index contributed by atoms with van der Waals surface area (Å²) in [6, 6.07) is 69.1. The smallest absolute Gasteiger partial charge is 0.0494 e. The average Bonchev–Trinajstić information content (AvgIpc) is 3.63. The Morgan fingerprint density at radius 3 is 1.22 bits per heavy atom. The van der Waals surface area contributed by atoms with Crippen molar-refractivity contribution in [2.45, 2.75) is 117 Å². The summed E-state index contributed by atoms with van der Waals surface area (Å²) in [7, 11) is -1.80. The van der Waals surface area contributed by atoms with Crippen molar-refractivity contribution in [3.8, 4) is 22.3 Å². The molecule has 0 aliphatic heterocycles. The fourth-order valence-corrected chi connectivity index (χ4v) is 13.3. The maximum Gasteiger partial charge on any atom is 0.0494 e. The van der Waals surface area contributed by atoms with E-state index in [4.69, 9.17) is 0 Å². The number of hydrogen-bond acceptors (Lipinski definition) is 0. The zero-order chi connectivity index (χ0) is 40.3. The molecule has 0 aliphatic rings. The molecule has 300 valence electrons. The highest BCUT2D eigenvalue weighted by atomic mass is 32.3. The summed E-state index contributed by atoms with van der Waals surface area (Å²) in [6.45, 7) is 4.64. The normalized spacial score (nSPS) is 12.1. The van der Waals surface area contributed by atoms with E-state index in [9.17, 15) is 0 Å². The Hall–Kier alpha value is -5.31. The SMILES string of the molecule is CCCCCCCC(CCCCCCC)n1c2ccc(-c3ccccc3)cc2c2cc(-c3cccc(S(c4ccccc4)(c4ccccc4)c4ccccc4)c3)ccc21. The Kier molecular flexibility index (Phi) is 13.5. The lowest BCUT2D eigenvalue weighted by atomic mass is 9.99. The molecule has 1 aromatic heterocycles. The van der Waals surface area contributed by atoms with Crippen molar-refractivity contribution in [1.82, 2.24) is 4.57 Å². The minimum atomic E-state index is -1.80. The summed E-state index contributed by atoms with van der Waals surface area (Å²) < 4.78 is 2.76. The highest BCUT2D eigenvalue weighted by Gasteiger charge is 2.33. The van der Waals surface area contributed by atoms with Gasteiger partial charge in [0, 0.05) is 47.4 Å². The molecule has 59 heavy (non-hydrogen) atoms. The van der Waals surface area contributed by atoms with Gasteiger partial charge in [0.05, 0.1) is 0 Å². The van der Waals surface area contributed by atoms with Crippen molar-refractivity contribution in [2.24, 2.45) is 0 Å². The standard InChI is InChI=1S/C57H61NS/c1-3-5-7-9-17-29-49(30-18-10-8-6-4-2)58-56-40-38-47(45-26-15-11-16-27-45)43-54(56)55-44-48(39-41-57(55)58)46-28-25-37-53(42-46)59(50-31-19-12-20-32-50,51-33-21-13-22-34-51)52-35-23-14-24-36-52/h11-16,19-28,31-44,49H,3-10,17-18,29-30H2,1-2H3. The van der Waals surface area contributed by atoms with Gasteiger partial charge in [-0.3, -0.25) is 0 Å². The number of rotatable bonds is 19. The predicted molar refractivity (Wildman–Crippen MR) is 256 cm³/mol. The van der Waals surface area contributed by atoms with Crippen molar-refractivity contribution in [2.75, 3.05) is 0 Å². The lowest BCUT2D eigenvalue weighted by Crippen LogP contribution is -2.09. The Balaban J connectivity index is 1.28. The first-order valence-corrected chi connectivity index (χ1v) is 24.1. The van der Waals surface area contributed by atoms with E-state index >= 15 is 0 Å². The maximum absolute atomic E-state index is 2.76. The van der Waals surface area contributed by atoms with Gasteiger partial charge in [-0.1, -0.05) is 187 Å². The van der Waals surface area contributed by atoms with E-state index in [1.54, 1.807) is 0 Å². The number of aromatic nitrogens is 1. The molecule has 0 amide bonds. The highest BCUT2D eigenvalue weighted by molar-refractivity contribution is 8.34. The summed E-state index contributed by atoms with van der Waals surface area (Å²) in [6.07, 6.45) is 15.7. The summed E-state index contributed by atoms with van der Waals surface area (Å²) in [5.41, 5.74) is 7.81. The fourth-order valence-electron chi connectivity index (χ4n) is 9.36. The molecule has 0 atom stereocenters. The fraction of sp³-hybridized carbons (Fsp3) is 0.263. The van der Waals surface area contributed by atoms with Crippen molar-refractivity contribution in [1.29, 1.82) is 0 Å². The molecule has 8 rings (SSSR count). The van der Waals surface area contributed by atoms with Gasteiger partial charge in [0.1, 0.15) is 0 Å². The topological polar surface area (TPSA) is 4.93 Å². The Morgan fingerprint density at radius 2 is 0.746 bits per heavy atom. The second-order valence-electron chi connectivity index (χ2n) is 16.3. The maximum atomic E-state index is 2.76. The third kappa shape index (κ3) is 8.71. The highest BCUT2D eigenvalue weighted by Crippen LogP contribution is 2.73. The average molecular weight is 792 g/mol. The lowest BCUT2D eigenvalue weighted by Gasteiger charge is -2.42. The molecule has 0 saturated heterocycles. The van der Waals surface area contributed by atoms with Gasteiger partial charge in [0.25, 0.3) is 0 Å². The molecule has 0 saturated carbocycles. The van der Waals surface area contributed by atoms with Gasteiger partial charge in [0.15, 0.2) is 0 Å². The van der Waals surface area contributed by atoms with Crippen LogP contribution in [0.3, 0.4) is 0 Å². The van der Waals surface area contributed by atoms with Crippen LogP contribution in [0.25, 0.3) is 44.1 Å². The van der Waals surface area contributed by atoms with Gasteiger partial charge in [-0.25, -0.2) is 0 Å². The van der Waals surface area contributed by atoms with Crippen LogP contribution in [0.15, 0.2) is 202 Å². The van der Waals surface area contributed by atoms with Crippen molar-refractivity contribution >= 4 is 31.8 Å². The minimum absolute atomic E-state index is 0.488. The molecule has 7 aromatic carbocycles. The third-order valence-electron chi connectivity index (χ3n) is 12.4. The molecular formula is C57H61NS. The van der Waals surface area contributed by atoms with E-state index in [2.05, 4.69) is 200 Å². The van der Waals surface area contributed by atoms with Gasteiger partial charge in [-0.2, -0.15) is 0 Å². The second kappa shape index (κ2) is 19.6. The monoisotopic (exact) mass is 791 g/mol. The third-order valence-corrected chi connectivity index (χ3v) is 16.3. The quantitative estimate of drug-likeness (QED) is 0.0719. The predicted octanol–water partition coefficient (Wildman–Crippen LogP) is 17.7.